The first kappa shape index (κ1) is 14.2. The van der Waals surface area contributed by atoms with Gasteiger partial charge in [0.2, 0.25) is 11.2 Å². The third kappa shape index (κ3) is 2.99. The van der Waals surface area contributed by atoms with Crippen LogP contribution in [0, 0.1) is 5.82 Å². The van der Waals surface area contributed by atoms with Crippen LogP contribution in [0.15, 0.2) is 30.3 Å². The predicted molar refractivity (Wildman–Crippen MR) is 82.5 cm³/mol. The molecule has 0 unspecified atom stereocenters. The number of aryl methyl sites for hydroxylation is 1. The Kier molecular flexibility index (Phi) is 4.03. The van der Waals surface area contributed by atoms with Crippen LogP contribution >= 0.6 is 22.9 Å². The Labute approximate surface area is 130 Å². The van der Waals surface area contributed by atoms with Crippen LogP contribution in [0.4, 0.5) is 4.39 Å². The molecule has 0 aliphatic carbocycles. The summed E-state index contributed by atoms with van der Waals surface area (Å²) < 4.78 is 19.3. The molecule has 0 saturated carbocycles. The number of rotatable bonds is 4. The van der Waals surface area contributed by atoms with Gasteiger partial charge >= 0.3 is 0 Å². The molecule has 2 heterocycles. The molecule has 2 aromatic heterocycles. The van der Waals surface area contributed by atoms with Crippen molar-refractivity contribution in [3.05, 3.63) is 51.9 Å². The summed E-state index contributed by atoms with van der Waals surface area (Å²) >= 11 is 7.48. The van der Waals surface area contributed by atoms with Crippen LogP contribution in [0.5, 0.6) is 5.88 Å². The lowest BCUT2D eigenvalue weighted by Gasteiger charge is -2.07. The minimum absolute atomic E-state index is 0.104. The van der Waals surface area contributed by atoms with E-state index in [2.05, 4.69) is 16.9 Å². The predicted octanol–water partition coefficient (Wildman–Crippen LogP) is 4.63. The Morgan fingerprint density at radius 1 is 1.29 bits per heavy atom. The summed E-state index contributed by atoms with van der Waals surface area (Å²) in [6.07, 6.45) is 0.908. The molecule has 108 valence electrons. The van der Waals surface area contributed by atoms with Gasteiger partial charge in [-0.1, -0.05) is 25.1 Å². The molecular weight excluding hydrogens is 311 g/mol. The maximum Gasteiger partial charge on any atom is 0.227 e. The molecule has 6 heteroatoms. The highest BCUT2D eigenvalue weighted by atomic mass is 35.5. The molecule has 3 aromatic rings. The highest BCUT2D eigenvalue weighted by molar-refractivity contribution is 7.18. The average Bonchev–Trinajstić information content (AvgIpc) is 2.89. The second-order valence-electron chi connectivity index (χ2n) is 4.46. The smallest absolute Gasteiger partial charge is 0.227 e. The van der Waals surface area contributed by atoms with Gasteiger partial charge in [-0.15, -0.1) is 11.3 Å². The molecule has 3 rings (SSSR count). The van der Waals surface area contributed by atoms with Crippen LogP contribution in [0.2, 0.25) is 5.28 Å². The van der Waals surface area contributed by atoms with Crippen LogP contribution in [-0.4, -0.2) is 9.97 Å². The quantitative estimate of drug-likeness (QED) is 0.657. The minimum atomic E-state index is -0.298. The van der Waals surface area contributed by atoms with Gasteiger partial charge in [-0.2, -0.15) is 4.98 Å². The van der Waals surface area contributed by atoms with Crippen molar-refractivity contribution >= 4 is 33.2 Å². The molecule has 3 nitrogen and oxygen atoms in total. The summed E-state index contributed by atoms with van der Waals surface area (Å²) in [5, 5.41) is 0.952. The minimum Gasteiger partial charge on any atom is -0.472 e. The number of hydrogen-bond acceptors (Lipinski definition) is 4. The number of benzene rings is 1. The van der Waals surface area contributed by atoms with Crippen LogP contribution in [0.3, 0.4) is 0 Å². The lowest BCUT2D eigenvalue weighted by Crippen LogP contribution is -2.00. The fraction of sp³-hybridized carbons (Fsp3) is 0.200. The van der Waals surface area contributed by atoms with E-state index in [1.807, 2.05) is 6.07 Å². The van der Waals surface area contributed by atoms with Gasteiger partial charge in [0.15, 0.2) is 0 Å². The van der Waals surface area contributed by atoms with E-state index in [0.29, 0.717) is 11.4 Å². The van der Waals surface area contributed by atoms with Gasteiger partial charge in [0.05, 0.1) is 5.39 Å². The van der Waals surface area contributed by atoms with Crippen LogP contribution in [-0.2, 0) is 13.0 Å². The first-order valence-electron chi connectivity index (χ1n) is 6.49. The number of ether oxygens (including phenoxy) is 1. The summed E-state index contributed by atoms with van der Waals surface area (Å²) in [5.74, 6) is 0.0951. The number of nitrogens with zero attached hydrogens (tertiary/aromatic N) is 2. The zero-order valence-corrected chi connectivity index (χ0v) is 12.8. The van der Waals surface area contributed by atoms with Gasteiger partial charge in [-0.25, -0.2) is 9.37 Å². The summed E-state index contributed by atoms with van der Waals surface area (Å²) in [4.78, 5) is 10.3. The van der Waals surface area contributed by atoms with Crippen molar-refractivity contribution in [1.29, 1.82) is 0 Å². The Bertz CT molecular complexity index is 790. The Hall–Kier alpha value is -1.72. The van der Waals surface area contributed by atoms with Crippen molar-refractivity contribution in [2.24, 2.45) is 0 Å². The number of thiophene rings is 1. The summed E-state index contributed by atoms with van der Waals surface area (Å²) in [7, 11) is 0. The van der Waals surface area contributed by atoms with Crippen molar-refractivity contribution in [2.45, 2.75) is 20.0 Å². The topological polar surface area (TPSA) is 35.0 Å². The van der Waals surface area contributed by atoms with Crippen LogP contribution in [0.25, 0.3) is 10.2 Å². The zero-order valence-electron chi connectivity index (χ0n) is 11.3. The summed E-state index contributed by atoms with van der Waals surface area (Å²) in [5.41, 5.74) is 0.478. The normalized spacial score (nSPS) is 11.0. The molecule has 0 bridgehead atoms. The largest absolute Gasteiger partial charge is 0.472 e. The van der Waals surface area contributed by atoms with Gasteiger partial charge in [0.25, 0.3) is 0 Å². The monoisotopic (exact) mass is 322 g/mol. The summed E-state index contributed by atoms with van der Waals surface area (Å²) in [6.45, 7) is 2.17. The van der Waals surface area contributed by atoms with E-state index in [1.165, 1.54) is 10.9 Å². The van der Waals surface area contributed by atoms with Gasteiger partial charge < -0.3 is 4.74 Å². The lowest BCUT2D eigenvalue weighted by atomic mass is 10.2. The van der Waals surface area contributed by atoms with E-state index >= 15 is 0 Å². The fourth-order valence-corrected chi connectivity index (χ4v) is 3.14. The second-order valence-corrected chi connectivity index (χ2v) is 5.92. The maximum absolute atomic E-state index is 13.6. The first-order chi connectivity index (χ1) is 10.2. The molecule has 0 atom stereocenters. The molecule has 0 fully saturated rings. The number of hydrogen-bond donors (Lipinski definition) is 0. The number of halogens is 2. The third-order valence-corrected chi connectivity index (χ3v) is 4.39. The van der Waals surface area contributed by atoms with Gasteiger partial charge in [0, 0.05) is 10.4 Å². The van der Waals surface area contributed by atoms with Crippen LogP contribution in [0.1, 0.15) is 17.4 Å². The zero-order chi connectivity index (χ0) is 14.8. The Morgan fingerprint density at radius 3 is 2.86 bits per heavy atom. The Morgan fingerprint density at radius 2 is 2.10 bits per heavy atom. The van der Waals surface area contributed by atoms with E-state index < -0.39 is 0 Å². The third-order valence-electron chi connectivity index (χ3n) is 3.05. The maximum atomic E-state index is 13.6. The molecule has 21 heavy (non-hydrogen) atoms. The van der Waals surface area contributed by atoms with Gasteiger partial charge in [-0.05, 0) is 30.2 Å². The molecule has 0 aliphatic rings. The lowest BCUT2D eigenvalue weighted by molar-refractivity contribution is 0.292. The molecule has 0 saturated heterocycles. The molecular formula is C15H12ClFN2OS. The van der Waals surface area contributed by atoms with Crippen molar-refractivity contribution in [1.82, 2.24) is 9.97 Å². The fourth-order valence-electron chi connectivity index (χ4n) is 1.97. The molecule has 0 radical (unpaired) electrons. The highest BCUT2D eigenvalue weighted by Gasteiger charge is 2.12. The first-order valence-corrected chi connectivity index (χ1v) is 7.69. The van der Waals surface area contributed by atoms with E-state index in [1.54, 1.807) is 29.5 Å². The van der Waals surface area contributed by atoms with Crippen molar-refractivity contribution < 1.29 is 9.13 Å². The molecule has 1 aromatic carbocycles. The Balaban J connectivity index is 1.93. The van der Waals surface area contributed by atoms with Crippen LogP contribution < -0.4 is 4.74 Å². The molecule has 0 amide bonds. The number of aromatic nitrogens is 2. The highest BCUT2D eigenvalue weighted by Crippen LogP contribution is 2.32. The van der Waals surface area contributed by atoms with E-state index in [4.69, 9.17) is 16.3 Å². The average molecular weight is 323 g/mol. The van der Waals surface area contributed by atoms with Gasteiger partial charge in [0.1, 0.15) is 17.3 Å². The SMILES string of the molecule is CCc1cc2c(OCc3ccccc3F)nc(Cl)nc2s1. The van der Waals surface area contributed by atoms with E-state index in [9.17, 15) is 4.39 Å². The standard InChI is InChI=1S/C15H12ClFN2OS/c1-2-10-7-11-13(18-15(16)19-14(11)21-10)20-8-9-5-3-4-6-12(9)17/h3-7H,2,8H2,1H3. The molecule has 0 spiro atoms. The van der Waals surface area contributed by atoms with Crippen molar-refractivity contribution in [2.75, 3.05) is 0 Å². The van der Waals surface area contributed by atoms with Crippen molar-refractivity contribution in [3.8, 4) is 5.88 Å². The second kappa shape index (κ2) is 5.95. The van der Waals surface area contributed by atoms with E-state index in [-0.39, 0.29) is 17.7 Å². The van der Waals surface area contributed by atoms with E-state index in [0.717, 1.165) is 16.6 Å². The molecule has 0 N–H and O–H groups in total. The van der Waals surface area contributed by atoms with Crippen molar-refractivity contribution in [3.63, 3.8) is 0 Å². The van der Waals surface area contributed by atoms with Gasteiger partial charge in [-0.3, -0.25) is 0 Å². The molecule has 0 aliphatic heterocycles. The number of fused-ring (bicyclic) bond motifs is 1. The summed E-state index contributed by atoms with van der Waals surface area (Å²) in [6, 6.07) is 8.49.